The van der Waals surface area contributed by atoms with Gasteiger partial charge in [-0.2, -0.15) is 5.10 Å². The van der Waals surface area contributed by atoms with Gasteiger partial charge in [0, 0.05) is 35.5 Å². The molecule has 7 nitrogen and oxygen atoms in total. The lowest BCUT2D eigenvalue weighted by Gasteiger charge is -2.14. The molecule has 0 radical (unpaired) electrons. The van der Waals surface area contributed by atoms with E-state index in [0.717, 1.165) is 11.3 Å². The zero-order chi connectivity index (χ0) is 16.4. The largest absolute Gasteiger partial charge is 0.345 e. The van der Waals surface area contributed by atoms with Crippen molar-refractivity contribution in [2.75, 3.05) is 0 Å². The SMILES string of the molecule is Cc1cc(C(=O)NC(C)c2cnn(C)c2C)ccc1[N+](=O)[O-]. The molecule has 116 valence electrons. The number of nitrogens with zero attached hydrogens (tertiary/aromatic N) is 3. The minimum absolute atomic E-state index is 0.00713. The summed E-state index contributed by atoms with van der Waals surface area (Å²) < 4.78 is 1.74. The Bertz CT molecular complexity index is 736. The number of aryl methyl sites for hydroxylation is 2. The van der Waals surface area contributed by atoms with Crippen LogP contribution in [0.1, 0.15) is 40.1 Å². The van der Waals surface area contributed by atoms with E-state index in [9.17, 15) is 14.9 Å². The van der Waals surface area contributed by atoms with Gasteiger partial charge in [-0.05, 0) is 32.9 Å². The summed E-state index contributed by atoms with van der Waals surface area (Å²) in [5.41, 5.74) is 2.79. The standard InChI is InChI=1S/C15H18N4O3/c1-9-7-12(5-6-14(9)19(21)22)15(20)17-10(2)13-8-16-18(4)11(13)3/h5-8,10H,1-4H3,(H,17,20). The van der Waals surface area contributed by atoms with Gasteiger partial charge >= 0.3 is 0 Å². The molecular weight excluding hydrogens is 284 g/mol. The first kappa shape index (κ1) is 15.7. The number of nitrogens with one attached hydrogen (secondary N) is 1. The number of hydrogen-bond acceptors (Lipinski definition) is 4. The van der Waals surface area contributed by atoms with Gasteiger partial charge in [0.25, 0.3) is 11.6 Å². The lowest BCUT2D eigenvalue weighted by atomic mass is 10.1. The zero-order valence-corrected chi connectivity index (χ0v) is 13.0. The molecule has 7 heteroatoms. The van der Waals surface area contributed by atoms with Crippen molar-refractivity contribution in [3.8, 4) is 0 Å². The fourth-order valence-corrected chi connectivity index (χ4v) is 2.30. The first-order valence-corrected chi connectivity index (χ1v) is 6.85. The normalized spacial score (nSPS) is 12.0. The number of nitro benzene ring substituents is 1. The molecule has 1 aromatic carbocycles. The number of carbonyl (C=O) groups excluding carboxylic acids is 1. The highest BCUT2D eigenvalue weighted by Gasteiger charge is 2.17. The molecule has 1 atom stereocenters. The second-order valence-electron chi connectivity index (χ2n) is 5.26. The van der Waals surface area contributed by atoms with Crippen molar-refractivity contribution < 1.29 is 9.72 Å². The Morgan fingerprint density at radius 1 is 1.41 bits per heavy atom. The summed E-state index contributed by atoms with van der Waals surface area (Å²) in [5.74, 6) is -0.270. The number of amides is 1. The maximum absolute atomic E-state index is 12.3. The third kappa shape index (κ3) is 2.98. The Morgan fingerprint density at radius 3 is 2.59 bits per heavy atom. The first-order chi connectivity index (χ1) is 10.3. The fraction of sp³-hybridized carbons (Fsp3) is 0.333. The molecule has 0 bridgehead atoms. The Hall–Kier alpha value is -2.70. The fourth-order valence-electron chi connectivity index (χ4n) is 2.30. The van der Waals surface area contributed by atoms with Crippen molar-refractivity contribution in [2.24, 2.45) is 7.05 Å². The molecule has 1 amide bonds. The summed E-state index contributed by atoms with van der Waals surface area (Å²) in [6, 6.07) is 4.14. The maximum atomic E-state index is 12.3. The average Bonchev–Trinajstić information content (AvgIpc) is 2.78. The van der Waals surface area contributed by atoms with Crippen molar-refractivity contribution in [1.29, 1.82) is 0 Å². The molecule has 0 fully saturated rings. The van der Waals surface area contributed by atoms with Crippen LogP contribution in [0.4, 0.5) is 5.69 Å². The third-order valence-electron chi connectivity index (χ3n) is 3.74. The summed E-state index contributed by atoms with van der Waals surface area (Å²) in [6.45, 7) is 5.42. The average molecular weight is 302 g/mol. The third-order valence-corrected chi connectivity index (χ3v) is 3.74. The maximum Gasteiger partial charge on any atom is 0.272 e. The molecule has 1 unspecified atom stereocenters. The van der Waals surface area contributed by atoms with Gasteiger partial charge in [-0.25, -0.2) is 0 Å². The molecule has 22 heavy (non-hydrogen) atoms. The molecule has 0 aliphatic heterocycles. The molecule has 0 saturated heterocycles. The van der Waals surface area contributed by atoms with E-state index in [0.29, 0.717) is 11.1 Å². The Morgan fingerprint density at radius 2 is 2.09 bits per heavy atom. The van der Waals surface area contributed by atoms with E-state index >= 15 is 0 Å². The van der Waals surface area contributed by atoms with E-state index in [2.05, 4.69) is 10.4 Å². The van der Waals surface area contributed by atoms with Gasteiger partial charge in [0.05, 0.1) is 17.2 Å². The predicted octanol–water partition coefficient (Wildman–Crippen LogP) is 2.44. The molecule has 2 aromatic rings. The quantitative estimate of drug-likeness (QED) is 0.693. The number of aromatic nitrogens is 2. The van der Waals surface area contributed by atoms with Crippen LogP contribution in [-0.4, -0.2) is 20.6 Å². The van der Waals surface area contributed by atoms with Gasteiger partial charge in [0.2, 0.25) is 0 Å². The van der Waals surface area contributed by atoms with Crippen molar-refractivity contribution in [3.05, 3.63) is 56.9 Å². The highest BCUT2D eigenvalue weighted by Crippen LogP contribution is 2.20. The van der Waals surface area contributed by atoms with Gasteiger partial charge in [-0.1, -0.05) is 0 Å². The van der Waals surface area contributed by atoms with E-state index in [1.165, 1.54) is 18.2 Å². The van der Waals surface area contributed by atoms with Crippen LogP contribution in [0.5, 0.6) is 0 Å². The monoisotopic (exact) mass is 302 g/mol. The summed E-state index contributed by atoms with van der Waals surface area (Å²) in [7, 11) is 1.84. The van der Waals surface area contributed by atoms with Crippen LogP contribution < -0.4 is 5.32 Å². The second-order valence-corrected chi connectivity index (χ2v) is 5.26. The van der Waals surface area contributed by atoms with Crippen LogP contribution in [0.3, 0.4) is 0 Å². The van der Waals surface area contributed by atoms with E-state index in [4.69, 9.17) is 0 Å². The van der Waals surface area contributed by atoms with Gasteiger partial charge in [0.1, 0.15) is 0 Å². The molecule has 1 aromatic heterocycles. The van der Waals surface area contributed by atoms with Crippen LogP contribution in [0.15, 0.2) is 24.4 Å². The number of rotatable bonds is 4. The second kappa shape index (κ2) is 5.97. The first-order valence-electron chi connectivity index (χ1n) is 6.85. The minimum atomic E-state index is -0.460. The lowest BCUT2D eigenvalue weighted by Crippen LogP contribution is -2.27. The van der Waals surface area contributed by atoms with Gasteiger partial charge in [-0.15, -0.1) is 0 Å². The highest BCUT2D eigenvalue weighted by atomic mass is 16.6. The van der Waals surface area contributed by atoms with E-state index in [1.807, 2.05) is 20.9 Å². The minimum Gasteiger partial charge on any atom is -0.345 e. The zero-order valence-electron chi connectivity index (χ0n) is 13.0. The molecule has 0 spiro atoms. The van der Waals surface area contributed by atoms with Gasteiger partial charge in [-0.3, -0.25) is 19.6 Å². The molecule has 0 aliphatic rings. The summed E-state index contributed by atoms with van der Waals surface area (Å²) in [4.78, 5) is 22.6. The predicted molar refractivity (Wildman–Crippen MR) is 81.7 cm³/mol. The van der Waals surface area contributed by atoms with Crippen molar-refractivity contribution >= 4 is 11.6 Å². The van der Waals surface area contributed by atoms with Crippen molar-refractivity contribution in [1.82, 2.24) is 15.1 Å². The van der Waals surface area contributed by atoms with Crippen molar-refractivity contribution in [3.63, 3.8) is 0 Å². The number of carbonyl (C=O) groups is 1. The molecule has 1 N–H and O–H groups in total. The van der Waals surface area contributed by atoms with Crippen molar-refractivity contribution in [2.45, 2.75) is 26.8 Å². The number of hydrogen-bond donors (Lipinski definition) is 1. The molecule has 2 rings (SSSR count). The molecule has 0 saturated carbocycles. The lowest BCUT2D eigenvalue weighted by molar-refractivity contribution is -0.385. The highest BCUT2D eigenvalue weighted by molar-refractivity contribution is 5.95. The smallest absolute Gasteiger partial charge is 0.272 e. The van der Waals surface area contributed by atoms with E-state index in [1.54, 1.807) is 17.8 Å². The Balaban J connectivity index is 2.17. The molecule has 1 heterocycles. The van der Waals surface area contributed by atoms with Crippen LogP contribution >= 0.6 is 0 Å². The Kier molecular flexibility index (Phi) is 4.25. The van der Waals surface area contributed by atoms with Crippen LogP contribution in [0.25, 0.3) is 0 Å². The van der Waals surface area contributed by atoms with Crippen LogP contribution in [0, 0.1) is 24.0 Å². The summed E-state index contributed by atoms with van der Waals surface area (Å²) >= 11 is 0. The summed E-state index contributed by atoms with van der Waals surface area (Å²) in [5, 5.41) is 17.8. The number of benzene rings is 1. The molecule has 0 aliphatic carbocycles. The van der Waals surface area contributed by atoms with E-state index < -0.39 is 4.92 Å². The Labute approximate surface area is 128 Å². The van der Waals surface area contributed by atoms with Crippen LogP contribution in [0.2, 0.25) is 0 Å². The van der Waals surface area contributed by atoms with Crippen LogP contribution in [-0.2, 0) is 7.05 Å². The van der Waals surface area contributed by atoms with Gasteiger partial charge in [0.15, 0.2) is 0 Å². The van der Waals surface area contributed by atoms with E-state index in [-0.39, 0.29) is 17.6 Å². The number of nitro groups is 1. The summed E-state index contributed by atoms with van der Waals surface area (Å²) in [6.07, 6.45) is 1.72. The molecular formula is C15H18N4O3. The topological polar surface area (TPSA) is 90.1 Å². The van der Waals surface area contributed by atoms with Gasteiger partial charge < -0.3 is 5.32 Å².